The molecule has 0 spiro atoms. The SMILES string of the molecule is CC[C@@H](CSSC[C@@H](NC1CCC1C)C(=O)O)C(=O)O.N[C@H](CSSC[C@H](N)C(=O)O)C(=O)O.O=S1(=O)OC2CCC2OS(=O)(=O)c2ccc(cc2)-c2ccc1cc2.[3H]C(P)COC(=O)[C@@H](CC)CSSC[C@@H](NC1CCC1C)C(=O)OCC([3H])P. The Morgan fingerprint density at radius 1 is 0.560 bits per heavy atom. The average Bonchev–Trinajstić information content (AvgIpc) is 1.38. The molecule has 84 heavy (non-hydrogen) atoms. The van der Waals surface area contributed by atoms with E-state index in [0.717, 1.165) is 36.8 Å². The Bertz CT molecular complexity index is 2580. The van der Waals surface area contributed by atoms with Crippen molar-refractivity contribution in [1.82, 2.24) is 10.6 Å². The number of nitrogens with one attached hydrogen (secondary N) is 2. The van der Waals surface area contributed by atoms with Gasteiger partial charge in [-0.15, -0.1) is 18.5 Å². The number of benzene rings is 2. The first-order valence-corrected chi connectivity index (χ1v) is 38.5. The standard InChI is InChI=1S/C17H33NO4P2S2.C16H14O6S2.C13H23NO4S2.C6H12N2O4S2/c1-3-13(16(19)21-6-8-23)10-25-26-11-15(17(20)22-7-9-24)18-14-5-4-12(14)2;17-23(18)13-5-1-11(2-6-13)12-3-7-14(8-4-12)24(19,20)22-16-10-9-15(16)21-23;1-3-9(12(15)16)6-19-20-7-11(13(17)18)14-10-5-4-8(10)2;7-3(5(9)10)1-13-14-2-4(8)6(11)12/h12-15,18H,3-11,23-24H2,1-2H3;1-8,15-16H,9-10H2;8-11,14H,3-7H2,1-2H3,(H,15,16)(H,17,18);3-4H,1-2,7-8H2,(H,9,10)(H,11,12)/t12?,13-,14?,15+;;8?,9-,10?,11+;3-,4+/m0.0./s1/i8T,9T;;;/t8?,9?,12?,13-,14?,15+;;2m. The summed E-state index contributed by atoms with van der Waals surface area (Å²) >= 11 is 0. The minimum Gasteiger partial charge on any atom is -0.481 e. The highest BCUT2D eigenvalue weighted by Crippen LogP contribution is 2.35. The van der Waals surface area contributed by atoms with Crippen LogP contribution < -0.4 is 22.1 Å². The van der Waals surface area contributed by atoms with Crippen LogP contribution in [0.5, 0.6) is 0 Å². The lowest BCUT2D eigenvalue weighted by molar-refractivity contribution is -0.147. The second-order valence-electron chi connectivity index (χ2n) is 19.8. The van der Waals surface area contributed by atoms with Crippen molar-refractivity contribution in [2.45, 2.75) is 137 Å². The minimum absolute atomic E-state index is 0.0356. The number of carbonyl (C=O) groups excluding carboxylic acids is 2. The fourth-order valence-electron chi connectivity index (χ4n) is 7.52. The van der Waals surface area contributed by atoms with E-state index in [1.54, 1.807) is 35.1 Å². The summed E-state index contributed by atoms with van der Waals surface area (Å²) in [5.74, 6) is -1.24. The fraction of sp³-hybridized carbons (Fsp3) is 0.654. The quantitative estimate of drug-likeness (QED) is 0.0126. The van der Waals surface area contributed by atoms with Crippen molar-refractivity contribution in [1.29, 1.82) is 0 Å². The van der Waals surface area contributed by atoms with Gasteiger partial charge in [-0.05, 0) is 111 Å². The molecule has 4 bridgehead atoms. The molecule has 3 heterocycles. The van der Waals surface area contributed by atoms with E-state index in [0.29, 0.717) is 72.6 Å². The van der Waals surface area contributed by atoms with Crippen molar-refractivity contribution in [3.8, 4) is 11.1 Å². The number of fused-ring (bicyclic) bond motifs is 2. The molecule has 3 aliphatic carbocycles. The predicted octanol–water partition coefficient (Wildman–Crippen LogP) is 6.81. The first-order valence-electron chi connectivity index (χ1n) is 28.1. The van der Waals surface area contributed by atoms with Gasteiger partial charge in [0.25, 0.3) is 20.2 Å². The summed E-state index contributed by atoms with van der Waals surface area (Å²) in [6.45, 7) is 8.24. The molecule has 0 saturated heterocycles. The summed E-state index contributed by atoms with van der Waals surface area (Å²) in [4.78, 5) is 67.1. The highest BCUT2D eigenvalue weighted by Gasteiger charge is 2.41. The number of carbonyl (C=O) groups is 6. The van der Waals surface area contributed by atoms with E-state index >= 15 is 0 Å². The number of esters is 2. The maximum absolute atomic E-state index is 12.4. The van der Waals surface area contributed by atoms with Gasteiger partial charge >= 0.3 is 35.8 Å². The van der Waals surface area contributed by atoms with Crippen molar-refractivity contribution < 1.29 is 86.6 Å². The van der Waals surface area contributed by atoms with Gasteiger partial charge in [-0.3, -0.25) is 37.1 Å². The second-order valence-corrected chi connectivity index (χ2v) is 31.5. The lowest BCUT2D eigenvalue weighted by Gasteiger charge is -2.37. The average molecular weight is 1370 g/mol. The predicted molar refractivity (Wildman–Crippen MR) is 343 cm³/mol. The van der Waals surface area contributed by atoms with Crippen LogP contribution in [0.25, 0.3) is 11.1 Å². The van der Waals surface area contributed by atoms with Gasteiger partial charge in [0.15, 0.2) is 0 Å². The van der Waals surface area contributed by atoms with Gasteiger partial charge < -0.3 is 52.0 Å². The van der Waals surface area contributed by atoms with E-state index in [2.05, 4.69) is 43.0 Å². The first-order chi connectivity index (χ1) is 40.5. The monoisotopic (exact) mass is 1370 g/mol. The van der Waals surface area contributed by atoms with Gasteiger partial charge in [-0.2, -0.15) is 16.8 Å². The highest BCUT2D eigenvalue weighted by molar-refractivity contribution is 8.77. The van der Waals surface area contributed by atoms with E-state index in [-0.39, 0.29) is 58.3 Å². The summed E-state index contributed by atoms with van der Waals surface area (Å²) in [5, 5.41) is 41.5. The molecule has 2 aromatic carbocycles. The Morgan fingerprint density at radius 3 is 1.26 bits per heavy atom. The van der Waals surface area contributed by atoms with Crippen LogP contribution in [0.1, 0.15) is 81.8 Å². The molecular weight excluding hydrogens is 1290 g/mol. The van der Waals surface area contributed by atoms with Crippen molar-refractivity contribution in [2.75, 3.05) is 60.0 Å². The molecule has 3 saturated carbocycles. The smallest absolute Gasteiger partial charge is 0.324 e. The van der Waals surface area contributed by atoms with E-state index in [1.165, 1.54) is 78.2 Å². The second kappa shape index (κ2) is 39.8. The van der Waals surface area contributed by atoms with E-state index in [1.807, 2.05) is 13.8 Å². The molecule has 3 fully saturated rings. The van der Waals surface area contributed by atoms with Gasteiger partial charge in [-0.25, -0.2) is 0 Å². The third-order valence-electron chi connectivity index (χ3n) is 13.6. The number of ether oxygens (including phenoxy) is 2. The summed E-state index contributed by atoms with van der Waals surface area (Å²) in [6, 6.07) is 10.4. The van der Waals surface area contributed by atoms with Crippen molar-refractivity contribution in [3.63, 3.8) is 0 Å². The van der Waals surface area contributed by atoms with Crippen molar-refractivity contribution >= 4 is 139 Å². The Labute approximate surface area is 525 Å². The van der Waals surface area contributed by atoms with Crippen molar-refractivity contribution in [2.24, 2.45) is 35.1 Å². The molecule has 0 radical (unpaired) electrons. The van der Waals surface area contributed by atoms with Crippen LogP contribution in [0, 0.1) is 23.7 Å². The van der Waals surface area contributed by atoms with Gasteiger partial charge in [0.2, 0.25) is 0 Å². The Kier molecular flexibility index (Phi) is 34.4. The van der Waals surface area contributed by atoms with E-state index in [9.17, 15) is 50.7 Å². The Balaban J connectivity index is 0.000000308. The molecule has 6 aliphatic rings. The van der Waals surface area contributed by atoms with Crippen LogP contribution in [0.3, 0.4) is 0 Å². The topological polar surface area (TPSA) is 365 Å². The lowest BCUT2D eigenvalue weighted by Crippen LogP contribution is -2.52. The lowest BCUT2D eigenvalue weighted by atomic mass is 9.81. The number of hydrogen-bond acceptors (Lipinski definition) is 24. The largest absolute Gasteiger partial charge is 0.481 e. The Morgan fingerprint density at radius 2 is 0.929 bits per heavy atom. The fourth-order valence-corrected chi connectivity index (χ4v) is 17.4. The first kappa shape index (κ1) is 72.6. The number of carboxylic acid groups (broad SMARTS) is 4. The highest BCUT2D eigenvalue weighted by atomic mass is 33.1. The number of rotatable bonds is 31. The van der Waals surface area contributed by atoms with Crippen LogP contribution in [0.2, 0.25) is 0 Å². The zero-order valence-electron chi connectivity index (χ0n) is 49.1. The maximum atomic E-state index is 12.4. The van der Waals surface area contributed by atoms with Crippen LogP contribution >= 0.6 is 83.2 Å². The number of nitrogens with two attached hydrogens (primary N) is 2. The molecule has 32 heteroatoms. The zero-order chi connectivity index (χ0) is 64.3. The van der Waals surface area contributed by atoms with E-state index in [4.69, 9.17) is 47.4 Å². The molecule has 10 N–H and O–H groups in total. The normalized spacial score (nSPS) is 23.8. The minimum atomic E-state index is -3.96. The van der Waals surface area contributed by atoms with Gasteiger partial charge in [-0.1, -0.05) is 117 Å². The molecule has 476 valence electrons. The molecule has 8 rings (SSSR count). The molecule has 22 nitrogen and oxygen atoms in total. The molecule has 16 atom stereocenters. The van der Waals surface area contributed by atoms with Crippen LogP contribution in [0.4, 0.5) is 0 Å². The maximum Gasteiger partial charge on any atom is 0.324 e. The molecule has 2 aromatic rings. The van der Waals surface area contributed by atoms with Gasteiger partial charge in [0.05, 0.1) is 34.8 Å². The summed E-state index contributed by atoms with van der Waals surface area (Å²) < 4.78 is 84.9. The van der Waals surface area contributed by atoms with Crippen LogP contribution in [-0.4, -0.2) is 182 Å². The zero-order valence-corrected chi connectivity index (χ0v) is 55.9. The molecule has 10 unspecified atom stereocenters. The van der Waals surface area contributed by atoms with Crippen LogP contribution in [0.15, 0.2) is 58.3 Å². The van der Waals surface area contributed by atoms with Crippen molar-refractivity contribution in [3.05, 3.63) is 48.5 Å². The number of carboxylic acids is 4. The molecule has 0 amide bonds. The molecular formula is C52H82N4O18P2S8. The molecule has 3 aliphatic heterocycles. The molecule has 0 aromatic heterocycles. The Hall–Kier alpha value is -2.12. The van der Waals surface area contributed by atoms with Gasteiger partial charge in [0.1, 0.15) is 36.4 Å². The number of aliphatic carboxylic acids is 4. The summed E-state index contributed by atoms with van der Waals surface area (Å²) in [7, 11) is 5.04. The van der Waals surface area contributed by atoms with Gasteiger partial charge in [0, 0.05) is 49.3 Å². The number of hydrogen-bond donors (Lipinski definition) is 8. The summed E-state index contributed by atoms with van der Waals surface area (Å²) in [6.07, 6.45) is 3.93. The third-order valence-corrected chi connectivity index (χ3v) is 24.2. The summed E-state index contributed by atoms with van der Waals surface area (Å²) in [5.41, 5.74) is 12.0. The van der Waals surface area contributed by atoms with E-state index < -0.39 is 92.8 Å². The third kappa shape index (κ3) is 26.9. The van der Waals surface area contributed by atoms with Crippen LogP contribution in [-0.2, 0) is 66.8 Å².